The molecule has 3 aliphatic carbocycles. The quantitative estimate of drug-likeness (QED) is 0.712. The molecule has 2 fully saturated rings. The molecule has 3 aliphatic rings. The first-order valence-electron chi connectivity index (χ1n) is 8.98. The second-order valence-corrected chi connectivity index (χ2v) is 8.42. The molecule has 128 valence electrons. The lowest BCUT2D eigenvalue weighted by atomic mass is 9.51. The SMILES string of the molecule is C#C[C@]1(O)[C@@H]([18F])C[C@H]2[C@@H]3[C@H](C)Cc4cc(O)ccc4[C@H]3CC[C@@]21C. The molecular formula is C21H25FO2. The zero-order valence-corrected chi connectivity index (χ0v) is 14.3. The van der Waals surface area contributed by atoms with Crippen molar-refractivity contribution in [3.05, 3.63) is 29.3 Å². The molecule has 2 N–H and O–H groups in total. The topological polar surface area (TPSA) is 40.5 Å². The summed E-state index contributed by atoms with van der Waals surface area (Å²) in [5.41, 5.74) is 0.321. The Hall–Kier alpha value is -1.53. The summed E-state index contributed by atoms with van der Waals surface area (Å²) in [6.07, 6.45) is 7.14. The average molecular weight is 327 g/mol. The smallest absolute Gasteiger partial charge is 0.161 e. The highest BCUT2D eigenvalue weighted by Crippen LogP contribution is 2.65. The van der Waals surface area contributed by atoms with Gasteiger partial charge in [-0.3, -0.25) is 0 Å². The van der Waals surface area contributed by atoms with E-state index >= 15 is 0 Å². The predicted molar refractivity (Wildman–Crippen MR) is 91.3 cm³/mol. The van der Waals surface area contributed by atoms with Gasteiger partial charge in [-0.05, 0) is 72.6 Å². The van der Waals surface area contributed by atoms with Gasteiger partial charge in [0, 0.05) is 5.41 Å². The summed E-state index contributed by atoms with van der Waals surface area (Å²) in [6.45, 7) is 4.21. The van der Waals surface area contributed by atoms with E-state index in [9.17, 15) is 14.6 Å². The first kappa shape index (κ1) is 16.0. The number of benzene rings is 1. The van der Waals surface area contributed by atoms with Gasteiger partial charge in [0.2, 0.25) is 0 Å². The zero-order valence-electron chi connectivity index (χ0n) is 14.3. The second kappa shape index (κ2) is 4.99. The summed E-state index contributed by atoms with van der Waals surface area (Å²) in [6, 6.07) is 5.66. The van der Waals surface area contributed by atoms with Gasteiger partial charge >= 0.3 is 0 Å². The van der Waals surface area contributed by atoms with Gasteiger partial charge in [0.25, 0.3) is 0 Å². The van der Waals surface area contributed by atoms with Crippen LogP contribution in [-0.2, 0) is 6.42 Å². The van der Waals surface area contributed by atoms with Crippen molar-refractivity contribution in [2.24, 2.45) is 23.2 Å². The Kier molecular flexibility index (Phi) is 3.32. The average Bonchev–Trinajstić information content (AvgIpc) is 2.75. The Morgan fingerprint density at radius 1 is 1.38 bits per heavy atom. The molecule has 1 aromatic carbocycles. The highest BCUT2D eigenvalue weighted by atomic mass is 18.2. The molecule has 2 saturated carbocycles. The fraction of sp³-hybridized carbons (Fsp3) is 0.619. The van der Waals surface area contributed by atoms with Gasteiger partial charge in [-0.25, -0.2) is 4.39 Å². The molecule has 0 bridgehead atoms. The van der Waals surface area contributed by atoms with E-state index in [-0.39, 0.29) is 5.92 Å². The Balaban J connectivity index is 1.79. The number of phenolic OH excluding ortho intramolecular Hbond substituents is 1. The zero-order chi connectivity index (χ0) is 17.3. The first-order valence-corrected chi connectivity index (χ1v) is 8.98. The summed E-state index contributed by atoms with van der Waals surface area (Å²) in [5.74, 6) is 3.92. The van der Waals surface area contributed by atoms with Gasteiger partial charge in [0.05, 0.1) is 0 Å². The highest BCUT2D eigenvalue weighted by molar-refractivity contribution is 5.41. The molecule has 7 atom stereocenters. The van der Waals surface area contributed by atoms with E-state index in [0.717, 1.165) is 19.3 Å². The van der Waals surface area contributed by atoms with E-state index in [1.54, 1.807) is 6.07 Å². The van der Waals surface area contributed by atoms with Crippen LogP contribution < -0.4 is 0 Å². The van der Waals surface area contributed by atoms with Crippen LogP contribution in [0.2, 0.25) is 0 Å². The number of halogens is 1. The van der Waals surface area contributed by atoms with Crippen LogP contribution in [0.3, 0.4) is 0 Å². The van der Waals surface area contributed by atoms with Gasteiger partial charge in [-0.15, -0.1) is 6.42 Å². The fourth-order valence-corrected chi connectivity index (χ4v) is 6.21. The first-order chi connectivity index (χ1) is 11.3. The fourth-order valence-electron chi connectivity index (χ4n) is 6.21. The molecule has 0 spiro atoms. The summed E-state index contributed by atoms with van der Waals surface area (Å²) in [5, 5.41) is 20.7. The number of phenols is 1. The maximum atomic E-state index is 14.7. The Bertz CT molecular complexity index is 723. The highest BCUT2D eigenvalue weighted by Gasteiger charge is 2.66. The Morgan fingerprint density at radius 2 is 2.12 bits per heavy atom. The molecule has 0 amide bonds. The number of rotatable bonds is 0. The molecule has 1 aromatic rings. The van der Waals surface area contributed by atoms with Gasteiger partial charge in [-0.1, -0.05) is 25.8 Å². The van der Waals surface area contributed by atoms with Gasteiger partial charge in [-0.2, -0.15) is 0 Å². The predicted octanol–water partition coefficient (Wildman–Crippen LogP) is 3.81. The molecule has 3 heteroatoms. The molecule has 24 heavy (non-hydrogen) atoms. The Labute approximate surface area is 143 Å². The normalized spacial score (nSPS) is 46.5. The lowest BCUT2D eigenvalue weighted by Crippen LogP contribution is -2.53. The van der Waals surface area contributed by atoms with Crippen molar-refractivity contribution in [2.75, 3.05) is 0 Å². The number of terminal acetylenes is 1. The second-order valence-electron chi connectivity index (χ2n) is 8.42. The maximum Gasteiger partial charge on any atom is 0.161 e. The van der Waals surface area contributed by atoms with Crippen LogP contribution in [0.4, 0.5) is 4.39 Å². The standard InChI is InChI=1S/C21H25FO2/c1-4-21(24)18(22)11-17-19-12(2)9-13-10-14(23)5-6-15(13)16(19)7-8-20(17,21)3/h1,5-6,10,12,16-19,23-24H,7-9,11H2,2-3H3/t12-,16-,17+,18+,19-,20+,21+/m1/s1/i22-1. The van der Waals surface area contributed by atoms with Crippen molar-refractivity contribution in [2.45, 2.75) is 57.2 Å². The summed E-state index contributed by atoms with van der Waals surface area (Å²) >= 11 is 0. The number of fused-ring (bicyclic) bond motifs is 5. The lowest BCUT2D eigenvalue weighted by Gasteiger charge is -2.53. The van der Waals surface area contributed by atoms with Crippen LogP contribution in [0, 0.1) is 35.5 Å². The van der Waals surface area contributed by atoms with E-state index in [2.05, 4.69) is 12.8 Å². The molecule has 0 unspecified atom stereocenters. The summed E-state index contributed by atoms with van der Waals surface area (Å²) in [7, 11) is 0. The minimum atomic E-state index is -1.64. The minimum absolute atomic E-state index is 0.101. The maximum absolute atomic E-state index is 14.7. The van der Waals surface area contributed by atoms with E-state index in [4.69, 9.17) is 6.42 Å². The lowest BCUT2D eigenvalue weighted by molar-refractivity contribution is -0.0905. The number of aliphatic hydroxyl groups is 1. The van der Waals surface area contributed by atoms with Crippen LogP contribution in [-0.4, -0.2) is 22.0 Å². The van der Waals surface area contributed by atoms with Crippen molar-refractivity contribution in [3.63, 3.8) is 0 Å². The molecule has 0 saturated heterocycles. The van der Waals surface area contributed by atoms with E-state index < -0.39 is 17.2 Å². The van der Waals surface area contributed by atoms with Gasteiger partial charge < -0.3 is 10.2 Å². The monoisotopic (exact) mass is 327 g/mol. The molecule has 4 rings (SSSR count). The third kappa shape index (κ3) is 1.81. The van der Waals surface area contributed by atoms with Crippen molar-refractivity contribution in [1.82, 2.24) is 0 Å². The van der Waals surface area contributed by atoms with Crippen LogP contribution in [0.25, 0.3) is 0 Å². The molecule has 0 radical (unpaired) electrons. The van der Waals surface area contributed by atoms with Crippen molar-refractivity contribution in [3.8, 4) is 18.1 Å². The third-order valence-electron chi connectivity index (χ3n) is 7.45. The minimum Gasteiger partial charge on any atom is -0.508 e. The van der Waals surface area contributed by atoms with Gasteiger partial charge in [0.1, 0.15) is 11.9 Å². The Morgan fingerprint density at radius 3 is 2.83 bits per heavy atom. The van der Waals surface area contributed by atoms with Crippen molar-refractivity contribution < 1.29 is 14.6 Å². The summed E-state index contributed by atoms with van der Waals surface area (Å²) < 4.78 is 14.7. The largest absolute Gasteiger partial charge is 0.508 e. The number of hydrogen-bond acceptors (Lipinski definition) is 2. The van der Waals surface area contributed by atoms with E-state index in [1.807, 2.05) is 19.1 Å². The molecule has 0 heterocycles. The number of alkyl halides is 1. The van der Waals surface area contributed by atoms with Crippen LogP contribution in [0.5, 0.6) is 5.75 Å². The van der Waals surface area contributed by atoms with Crippen LogP contribution >= 0.6 is 0 Å². The van der Waals surface area contributed by atoms with E-state index in [0.29, 0.717) is 29.9 Å². The molecular weight excluding hydrogens is 302 g/mol. The van der Waals surface area contributed by atoms with Gasteiger partial charge in [0.15, 0.2) is 5.60 Å². The third-order valence-corrected chi connectivity index (χ3v) is 7.45. The van der Waals surface area contributed by atoms with Crippen LogP contribution in [0.15, 0.2) is 18.2 Å². The molecule has 0 aliphatic heterocycles. The summed E-state index contributed by atoms with van der Waals surface area (Å²) in [4.78, 5) is 0. The molecule has 2 nitrogen and oxygen atoms in total. The van der Waals surface area contributed by atoms with Crippen molar-refractivity contribution >= 4 is 0 Å². The van der Waals surface area contributed by atoms with Crippen molar-refractivity contribution in [1.29, 1.82) is 0 Å². The molecule has 0 aromatic heterocycles. The number of aromatic hydroxyl groups is 1. The number of hydrogen-bond donors (Lipinski definition) is 2. The van der Waals surface area contributed by atoms with E-state index in [1.165, 1.54) is 11.1 Å². The van der Waals surface area contributed by atoms with Crippen LogP contribution in [0.1, 0.15) is 50.2 Å².